The number of aldehydes is 1. The maximum atomic E-state index is 13.3. The Bertz CT molecular complexity index is 1290. The molecule has 3 aliphatic rings. The number of nitrogens with zero attached hydrogens (tertiary/aromatic N) is 5. The van der Waals surface area contributed by atoms with Crippen LogP contribution in [0.3, 0.4) is 0 Å². The number of pyridine rings is 2. The summed E-state index contributed by atoms with van der Waals surface area (Å²) in [5.74, 6) is 0.597. The minimum absolute atomic E-state index is 0.0819. The number of aromatic nitrogens is 2. The Morgan fingerprint density at radius 2 is 2.21 bits per heavy atom. The van der Waals surface area contributed by atoms with E-state index in [1.807, 2.05) is 6.07 Å². The van der Waals surface area contributed by atoms with E-state index in [1.54, 1.807) is 11.0 Å². The lowest BCUT2D eigenvalue weighted by atomic mass is 10.0. The highest BCUT2D eigenvalue weighted by Gasteiger charge is 2.33. The van der Waals surface area contributed by atoms with Crippen LogP contribution in [0.2, 0.25) is 0 Å². The van der Waals surface area contributed by atoms with E-state index in [-0.39, 0.29) is 30.0 Å². The third kappa shape index (κ3) is 5.16. The van der Waals surface area contributed by atoms with Gasteiger partial charge in [0.05, 0.1) is 23.9 Å². The van der Waals surface area contributed by atoms with Crippen LogP contribution in [0.5, 0.6) is 0 Å². The zero-order valence-electron chi connectivity index (χ0n) is 21.1. The van der Waals surface area contributed by atoms with Gasteiger partial charge in [-0.2, -0.15) is 5.26 Å². The van der Waals surface area contributed by atoms with Gasteiger partial charge in [0.15, 0.2) is 6.29 Å². The van der Waals surface area contributed by atoms with Crippen molar-refractivity contribution in [2.45, 2.75) is 44.4 Å². The highest BCUT2D eigenvalue weighted by atomic mass is 16.5. The van der Waals surface area contributed by atoms with Gasteiger partial charge in [-0.1, -0.05) is 0 Å². The molecule has 0 radical (unpaired) electrons. The number of hydrogen-bond acceptors (Lipinski definition) is 9. The number of hydrogen-bond donors (Lipinski definition) is 2. The second-order valence-electron chi connectivity index (χ2n) is 9.52. The minimum atomic E-state index is -0.461. The lowest BCUT2D eigenvalue weighted by molar-refractivity contribution is -0.136. The second kappa shape index (κ2) is 11.1. The largest absolute Gasteiger partial charge is 0.379 e. The molecule has 0 spiro atoms. The average Bonchev–Trinajstić information content (AvgIpc) is 3.57. The van der Waals surface area contributed by atoms with Crippen molar-refractivity contribution in [3.05, 3.63) is 40.7 Å². The quantitative estimate of drug-likeness (QED) is 0.524. The molecule has 5 rings (SSSR count). The molecular weight excluding hydrogens is 490 g/mol. The first-order valence-electron chi connectivity index (χ1n) is 12.6. The molecule has 3 amide bonds. The Morgan fingerprint density at radius 1 is 1.34 bits per heavy atom. The third-order valence-electron chi connectivity index (χ3n) is 7.07. The topological polar surface area (TPSA) is 150 Å². The molecular formula is C26H29N7O5. The normalized spacial score (nSPS) is 20.7. The van der Waals surface area contributed by atoms with Gasteiger partial charge in [0, 0.05) is 57.6 Å². The minimum Gasteiger partial charge on any atom is -0.379 e. The molecule has 2 aromatic rings. The van der Waals surface area contributed by atoms with E-state index in [9.17, 15) is 19.6 Å². The Balaban J connectivity index is 1.34. The highest BCUT2D eigenvalue weighted by Crippen LogP contribution is 2.29. The molecule has 2 N–H and O–H groups in total. The van der Waals surface area contributed by atoms with Crippen LogP contribution in [0.25, 0.3) is 0 Å². The van der Waals surface area contributed by atoms with Gasteiger partial charge in [-0.05, 0) is 30.9 Å². The van der Waals surface area contributed by atoms with Gasteiger partial charge < -0.3 is 19.7 Å². The lowest BCUT2D eigenvalue weighted by Crippen LogP contribution is -2.40. The zero-order valence-corrected chi connectivity index (χ0v) is 21.1. The molecule has 38 heavy (non-hydrogen) atoms. The van der Waals surface area contributed by atoms with E-state index >= 15 is 0 Å². The predicted octanol–water partition coefficient (Wildman–Crippen LogP) is 2.09. The number of urea groups is 1. The summed E-state index contributed by atoms with van der Waals surface area (Å²) in [4.78, 5) is 49.6. The molecule has 5 heterocycles. The molecule has 2 atom stereocenters. The number of carbonyl (C=O) groups excluding carboxylic acids is 3. The van der Waals surface area contributed by atoms with E-state index in [0.29, 0.717) is 74.5 Å². The number of anilines is 3. The Morgan fingerprint density at radius 3 is 2.92 bits per heavy atom. The number of carbonyl (C=O) groups is 3. The number of fused-ring (bicyclic) bond motifs is 1. The van der Waals surface area contributed by atoms with Crippen LogP contribution in [0.15, 0.2) is 18.3 Å². The molecule has 198 valence electrons. The van der Waals surface area contributed by atoms with Gasteiger partial charge in [0.1, 0.15) is 29.5 Å². The van der Waals surface area contributed by atoms with Crippen molar-refractivity contribution < 1.29 is 23.9 Å². The first kappa shape index (κ1) is 25.6. The van der Waals surface area contributed by atoms with Crippen LogP contribution in [0.4, 0.5) is 22.1 Å². The Labute approximate surface area is 219 Å². The van der Waals surface area contributed by atoms with Crippen molar-refractivity contribution in [2.75, 3.05) is 48.9 Å². The smallest absolute Gasteiger partial charge is 0.328 e. The number of likely N-dealkylation sites (tertiary alicyclic amines) is 1. The molecule has 0 aromatic carbocycles. The van der Waals surface area contributed by atoms with Gasteiger partial charge in [0.25, 0.3) is 5.91 Å². The third-order valence-corrected chi connectivity index (χ3v) is 7.07. The predicted molar refractivity (Wildman–Crippen MR) is 137 cm³/mol. The van der Waals surface area contributed by atoms with Crippen LogP contribution in [0.1, 0.15) is 46.4 Å². The summed E-state index contributed by atoms with van der Waals surface area (Å²) in [6.45, 7) is 2.43. The van der Waals surface area contributed by atoms with Crippen LogP contribution >= 0.6 is 0 Å². The van der Waals surface area contributed by atoms with Crippen LogP contribution in [-0.2, 0) is 27.2 Å². The number of nitriles is 1. The molecule has 2 fully saturated rings. The molecule has 12 heteroatoms. The van der Waals surface area contributed by atoms with Gasteiger partial charge >= 0.3 is 6.03 Å². The van der Waals surface area contributed by atoms with Gasteiger partial charge in [0.2, 0.25) is 0 Å². The summed E-state index contributed by atoms with van der Waals surface area (Å²) in [5.41, 5.74) is 2.62. The number of ether oxygens (including phenoxy) is 2. The van der Waals surface area contributed by atoms with Crippen molar-refractivity contribution in [2.24, 2.45) is 0 Å². The number of methoxy groups -OCH3 is 1. The van der Waals surface area contributed by atoms with Gasteiger partial charge in [-0.25, -0.2) is 14.8 Å². The summed E-state index contributed by atoms with van der Waals surface area (Å²) in [7, 11) is 1.51. The molecule has 2 aromatic heterocycles. The van der Waals surface area contributed by atoms with Gasteiger partial charge in [-0.15, -0.1) is 0 Å². The summed E-state index contributed by atoms with van der Waals surface area (Å²) in [6, 6.07) is 5.26. The fraction of sp³-hybridized carbons (Fsp3) is 0.462. The molecule has 12 nitrogen and oxygen atoms in total. The average molecular weight is 520 g/mol. The van der Waals surface area contributed by atoms with Crippen molar-refractivity contribution in [1.82, 2.24) is 14.9 Å². The number of amides is 3. The molecule has 0 saturated carbocycles. The summed E-state index contributed by atoms with van der Waals surface area (Å²) < 4.78 is 10.6. The SMILES string of the molecule is CO[C@H]1CCN(Cc2cc3c(nc2C=O)N(C(=O)Nc2cc(N[C@H]4CCOC4)c(C#N)cn2)CCC3)C1=O. The van der Waals surface area contributed by atoms with Crippen LogP contribution in [0, 0.1) is 11.3 Å². The van der Waals surface area contributed by atoms with Gasteiger partial charge in [-0.3, -0.25) is 19.8 Å². The standard InChI is InChI=1S/C26H29N7O5/c1-37-22-4-7-32(25(22)35)13-17-9-16-3-2-6-33(24(16)30-21(17)14-34)26(36)31-23-10-20(18(11-27)12-28-23)29-19-5-8-38-15-19/h9-10,12,14,19,22H,2-8,13,15H2,1H3,(H2,28,29,31,36)/t19-,22-/m0/s1. The van der Waals surface area contributed by atoms with E-state index in [2.05, 4.69) is 26.7 Å². The van der Waals surface area contributed by atoms with E-state index in [1.165, 1.54) is 18.2 Å². The van der Waals surface area contributed by atoms with E-state index in [0.717, 1.165) is 12.0 Å². The molecule has 3 aliphatic heterocycles. The second-order valence-corrected chi connectivity index (χ2v) is 9.52. The maximum Gasteiger partial charge on any atom is 0.328 e. The van der Waals surface area contributed by atoms with Crippen LogP contribution < -0.4 is 15.5 Å². The van der Waals surface area contributed by atoms with Crippen molar-refractivity contribution in [3.63, 3.8) is 0 Å². The highest BCUT2D eigenvalue weighted by molar-refractivity contribution is 6.02. The fourth-order valence-corrected chi connectivity index (χ4v) is 5.05. The monoisotopic (exact) mass is 519 g/mol. The molecule has 0 unspecified atom stereocenters. The van der Waals surface area contributed by atoms with Crippen LogP contribution in [-0.4, -0.2) is 78.7 Å². The summed E-state index contributed by atoms with van der Waals surface area (Å²) in [5, 5.41) is 15.5. The molecule has 0 aliphatic carbocycles. The Hall–Kier alpha value is -4.08. The van der Waals surface area contributed by atoms with E-state index in [4.69, 9.17) is 9.47 Å². The maximum absolute atomic E-state index is 13.3. The summed E-state index contributed by atoms with van der Waals surface area (Å²) >= 11 is 0. The first-order valence-corrected chi connectivity index (χ1v) is 12.6. The molecule has 2 saturated heterocycles. The zero-order chi connectivity index (χ0) is 26.6. The first-order chi connectivity index (χ1) is 18.5. The number of rotatable bonds is 7. The summed E-state index contributed by atoms with van der Waals surface area (Å²) in [6.07, 6.45) is 4.45. The number of aryl methyl sites for hydroxylation is 1. The Kier molecular flexibility index (Phi) is 7.48. The van der Waals surface area contributed by atoms with E-state index < -0.39 is 12.1 Å². The van der Waals surface area contributed by atoms with Crippen molar-refractivity contribution in [1.29, 1.82) is 5.26 Å². The van der Waals surface area contributed by atoms with Crippen molar-refractivity contribution in [3.8, 4) is 6.07 Å². The lowest BCUT2D eigenvalue weighted by Gasteiger charge is -2.29. The van der Waals surface area contributed by atoms with Crippen molar-refractivity contribution >= 4 is 35.5 Å². The fourth-order valence-electron chi connectivity index (χ4n) is 5.05. The number of nitrogens with one attached hydrogen (secondary N) is 2. The molecule has 0 bridgehead atoms.